The third-order valence-electron chi connectivity index (χ3n) is 15.2. The summed E-state index contributed by atoms with van der Waals surface area (Å²) < 4.78 is 0. The van der Waals surface area contributed by atoms with Gasteiger partial charge in [0.05, 0.1) is 10.8 Å². The molecule has 13 rings (SSSR count). The van der Waals surface area contributed by atoms with E-state index >= 15 is 0 Å². The average Bonchev–Trinajstić information content (AvgIpc) is 3.81. The maximum absolute atomic E-state index is 2.49. The molecule has 10 aromatic carbocycles. The molecule has 0 aromatic heterocycles. The number of hydrogen-bond acceptors (Lipinski definition) is 1. The lowest BCUT2D eigenvalue weighted by Crippen LogP contribution is -2.44. The molecule has 0 spiro atoms. The molecular formula is C65H47N. The van der Waals surface area contributed by atoms with Gasteiger partial charge in [0.15, 0.2) is 0 Å². The SMILES string of the molecule is CC1(C)c2cc(-c3cccc(C4(c5ccccc5)c5ccccc5C5(c6ccccc6)c6ccccc6-c6cccc4c65)c3)ccc2-c2ccc(N(c3ccccc3)c3ccccc3)cc21. The highest BCUT2D eigenvalue weighted by atomic mass is 15.1. The van der Waals surface area contributed by atoms with Gasteiger partial charge in [0, 0.05) is 22.5 Å². The monoisotopic (exact) mass is 841 g/mol. The maximum Gasteiger partial charge on any atom is 0.0720 e. The van der Waals surface area contributed by atoms with Crippen LogP contribution in [-0.2, 0) is 16.2 Å². The van der Waals surface area contributed by atoms with E-state index < -0.39 is 10.8 Å². The molecule has 1 heteroatoms. The van der Waals surface area contributed by atoms with Crippen molar-refractivity contribution in [2.24, 2.45) is 0 Å². The van der Waals surface area contributed by atoms with Crippen LogP contribution in [0.2, 0.25) is 0 Å². The van der Waals surface area contributed by atoms with Gasteiger partial charge in [-0.2, -0.15) is 0 Å². The van der Waals surface area contributed by atoms with E-state index in [2.05, 4.69) is 267 Å². The van der Waals surface area contributed by atoms with E-state index in [1.165, 1.54) is 89.0 Å². The first-order valence-corrected chi connectivity index (χ1v) is 23.3. The predicted molar refractivity (Wildman–Crippen MR) is 273 cm³/mol. The Bertz CT molecular complexity index is 3460. The van der Waals surface area contributed by atoms with Gasteiger partial charge >= 0.3 is 0 Å². The first-order chi connectivity index (χ1) is 32.5. The van der Waals surface area contributed by atoms with Gasteiger partial charge in [0.2, 0.25) is 0 Å². The van der Waals surface area contributed by atoms with E-state index in [0.29, 0.717) is 0 Å². The largest absolute Gasteiger partial charge is 0.310 e. The quantitative estimate of drug-likeness (QED) is 0.155. The van der Waals surface area contributed by atoms with E-state index in [9.17, 15) is 0 Å². The molecule has 0 heterocycles. The summed E-state index contributed by atoms with van der Waals surface area (Å²) >= 11 is 0. The van der Waals surface area contributed by atoms with Crippen LogP contribution < -0.4 is 4.90 Å². The van der Waals surface area contributed by atoms with Gasteiger partial charge < -0.3 is 4.90 Å². The van der Waals surface area contributed by atoms with E-state index in [1.54, 1.807) is 0 Å². The number of rotatable bonds is 7. The highest BCUT2D eigenvalue weighted by Crippen LogP contribution is 2.66. The molecule has 0 saturated heterocycles. The molecule has 0 saturated carbocycles. The third-order valence-corrected chi connectivity index (χ3v) is 15.2. The fourth-order valence-electron chi connectivity index (χ4n) is 12.4. The second-order valence-corrected chi connectivity index (χ2v) is 18.8. The van der Waals surface area contributed by atoms with E-state index in [-0.39, 0.29) is 5.41 Å². The Morgan fingerprint density at radius 2 is 0.727 bits per heavy atom. The molecule has 0 bridgehead atoms. The highest BCUT2D eigenvalue weighted by molar-refractivity contribution is 5.92. The Hall–Kier alpha value is -8.00. The van der Waals surface area contributed by atoms with Crippen LogP contribution in [0.5, 0.6) is 0 Å². The van der Waals surface area contributed by atoms with E-state index in [4.69, 9.17) is 0 Å². The van der Waals surface area contributed by atoms with Gasteiger partial charge in [-0.1, -0.05) is 214 Å². The fraction of sp³-hybridized carbons (Fsp3) is 0.0769. The summed E-state index contributed by atoms with van der Waals surface area (Å²) in [5, 5.41) is 0. The summed E-state index contributed by atoms with van der Waals surface area (Å²) in [5.41, 5.74) is 23.1. The van der Waals surface area contributed by atoms with Crippen molar-refractivity contribution in [1.29, 1.82) is 0 Å². The first-order valence-electron chi connectivity index (χ1n) is 23.3. The van der Waals surface area contributed by atoms with Crippen LogP contribution in [0.3, 0.4) is 0 Å². The summed E-state index contributed by atoms with van der Waals surface area (Å²) in [6.07, 6.45) is 0. The van der Waals surface area contributed by atoms with Crippen LogP contribution in [0.1, 0.15) is 69.5 Å². The van der Waals surface area contributed by atoms with Crippen molar-refractivity contribution < 1.29 is 0 Å². The Labute approximate surface area is 388 Å². The molecule has 2 unspecified atom stereocenters. The first kappa shape index (κ1) is 38.5. The molecule has 3 aliphatic rings. The average molecular weight is 842 g/mol. The Kier molecular flexibility index (Phi) is 8.45. The molecule has 0 fully saturated rings. The van der Waals surface area contributed by atoms with Crippen molar-refractivity contribution in [3.63, 3.8) is 0 Å². The Morgan fingerprint density at radius 3 is 1.39 bits per heavy atom. The van der Waals surface area contributed by atoms with Crippen molar-refractivity contribution >= 4 is 17.1 Å². The molecule has 312 valence electrons. The third kappa shape index (κ3) is 5.23. The Balaban J connectivity index is 0.991. The normalized spacial score (nSPS) is 17.8. The minimum atomic E-state index is -0.606. The van der Waals surface area contributed by atoms with Gasteiger partial charge in [-0.05, 0) is 138 Å². The summed E-state index contributed by atoms with van der Waals surface area (Å²) in [7, 11) is 0. The predicted octanol–water partition coefficient (Wildman–Crippen LogP) is 16.2. The molecule has 1 nitrogen and oxygen atoms in total. The lowest BCUT2D eigenvalue weighted by Gasteiger charge is -2.49. The standard InChI is InChI=1S/C65H47N/c1-63(2)60-42-45(37-39-53(60)54-40-38-51(43-61(54)63)66(49-27-11-5-12-28-49)50-29-13-6-14-30-50)44-21-19-26-48(41-44)64(46-22-7-3-8-23-46)57-34-17-18-35-58(57)65(47-24-9-4-10-25-47)56-33-16-15-31-52(56)55-32-20-36-59(64)62(55)65/h3-43H,1-2H3. The highest BCUT2D eigenvalue weighted by Gasteiger charge is 2.57. The van der Waals surface area contributed by atoms with Crippen LogP contribution in [0, 0.1) is 0 Å². The number of para-hydroxylation sites is 2. The van der Waals surface area contributed by atoms with Crippen LogP contribution in [0.4, 0.5) is 17.1 Å². The minimum Gasteiger partial charge on any atom is -0.310 e. The van der Waals surface area contributed by atoms with Crippen LogP contribution in [-0.4, -0.2) is 0 Å². The zero-order valence-electron chi connectivity index (χ0n) is 37.1. The second-order valence-electron chi connectivity index (χ2n) is 18.8. The number of hydrogen-bond donors (Lipinski definition) is 0. The summed E-state index contributed by atoms with van der Waals surface area (Å²) in [5.74, 6) is 0. The summed E-state index contributed by atoms with van der Waals surface area (Å²) in [6.45, 7) is 4.79. The molecule has 3 aliphatic carbocycles. The van der Waals surface area contributed by atoms with Crippen molar-refractivity contribution in [2.75, 3.05) is 4.90 Å². The van der Waals surface area contributed by atoms with E-state index in [0.717, 1.165) is 17.1 Å². The zero-order chi connectivity index (χ0) is 44.0. The number of benzene rings is 10. The van der Waals surface area contributed by atoms with E-state index in [1.807, 2.05) is 0 Å². The van der Waals surface area contributed by atoms with Crippen LogP contribution in [0.15, 0.2) is 249 Å². The molecule has 10 aromatic rings. The zero-order valence-corrected chi connectivity index (χ0v) is 37.1. The van der Waals surface area contributed by atoms with Gasteiger partial charge in [0.25, 0.3) is 0 Å². The van der Waals surface area contributed by atoms with Crippen molar-refractivity contribution in [3.8, 4) is 33.4 Å². The lowest BCUT2D eigenvalue weighted by molar-refractivity contribution is 0.627. The van der Waals surface area contributed by atoms with Gasteiger partial charge in [0.1, 0.15) is 0 Å². The van der Waals surface area contributed by atoms with Crippen LogP contribution in [0.25, 0.3) is 33.4 Å². The summed E-state index contributed by atoms with van der Waals surface area (Å²) in [4.78, 5) is 2.37. The number of nitrogens with zero attached hydrogens (tertiary/aromatic N) is 1. The number of anilines is 3. The van der Waals surface area contributed by atoms with Crippen molar-refractivity contribution in [1.82, 2.24) is 0 Å². The van der Waals surface area contributed by atoms with Gasteiger partial charge in [-0.3, -0.25) is 0 Å². The fourth-order valence-corrected chi connectivity index (χ4v) is 12.4. The maximum atomic E-state index is 2.49. The minimum absolute atomic E-state index is 0.221. The summed E-state index contributed by atoms with van der Waals surface area (Å²) in [6, 6.07) is 93.2. The topological polar surface area (TPSA) is 3.24 Å². The van der Waals surface area contributed by atoms with Gasteiger partial charge in [-0.25, -0.2) is 0 Å². The van der Waals surface area contributed by atoms with Crippen LogP contribution >= 0.6 is 0 Å². The van der Waals surface area contributed by atoms with Crippen molar-refractivity contribution in [2.45, 2.75) is 30.1 Å². The second kappa shape index (κ2) is 14.5. The van der Waals surface area contributed by atoms with Crippen molar-refractivity contribution in [3.05, 3.63) is 304 Å². The molecule has 0 radical (unpaired) electrons. The molecule has 0 aliphatic heterocycles. The number of fused-ring (bicyclic) bond motifs is 8. The lowest BCUT2D eigenvalue weighted by atomic mass is 9.51. The molecule has 0 amide bonds. The molecule has 2 atom stereocenters. The molecule has 0 N–H and O–H groups in total. The Morgan fingerprint density at radius 1 is 0.273 bits per heavy atom. The molecule has 66 heavy (non-hydrogen) atoms. The smallest absolute Gasteiger partial charge is 0.0720 e. The van der Waals surface area contributed by atoms with Gasteiger partial charge in [-0.15, -0.1) is 0 Å². The molecular weight excluding hydrogens is 795 g/mol.